The highest BCUT2D eigenvalue weighted by Gasteiger charge is 2.31. The molecular formula is C11H10F2N2O5S. The Hall–Kier alpha value is -2.07. The first kappa shape index (κ1) is 15.3. The van der Waals surface area contributed by atoms with Crippen LogP contribution in [0.25, 0.3) is 0 Å². The number of hydrogen-bond acceptors (Lipinski definition) is 4. The fraction of sp³-hybridized carbons (Fsp3) is 0.273. The first-order chi connectivity index (χ1) is 9.72. The summed E-state index contributed by atoms with van der Waals surface area (Å²) in [5.41, 5.74) is -1.35. The van der Waals surface area contributed by atoms with E-state index < -0.39 is 44.1 Å². The lowest BCUT2D eigenvalue weighted by Gasteiger charge is -2.12. The zero-order chi connectivity index (χ0) is 15.8. The van der Waals surface area contributed by atoms with E-state index in [0.29, 0.717) is 12.1 Å². The second kappa shape index (κ2) is 5.37. The molecule has 1 amide bonds. The number of benzene rings is 1. The standard InChI is InChI=1S/C11H10F2N2O5S/c12-6-1-2-7(10(13)9(6)11(17)18)21(19,20)15-5-3-8(16)14-4-5/h1-2,5,15H,3-4H2,(H,14,16)(H,17,18). The second-order valence-corrected chi connectivity index (χ2v) is 6.05. The SMILES string of the molecule is O=C1CC(NS(=O)(=O)c2ccc(F)c(C(=O)O)c2F)CN1. The van der Waals surface area contributed by atoms with Crippen LogP contribution in [-0.2, 0) is 14.8 Å². The summed E-state index contributed by atoms with van der Waals surface area (Å²) in [6, 6.07) is 0.406. The summed E-state index contributed by atoms with van der Waals surface area (Å²) in [4.78, 5) is 20.8. The molecule has 1 unspecified atom stereocenters. The molecule has 2 rings (SSSR count). The van der Waals surface area contributed by atoms with Crippen molar-refractivity contribution in [2.45, 2.75) is 17.4 Å². The fourth-order valence-corrected chi connectivity index (χ4v) is 3.23. The molecule has 21 heavy (non-hydrogen) atoms. The minimum atomic E-state index is -4.42. The highest BCUT2D eigenvalue weighted by Crippen LogP contribution is 2.21. The van der Waals surface area contributed by atoms with Crippen LogP contribution < -0.4 is 10.0 Å². The predicted octanol–water partition coefficient (Wildman–Crippen LogP) is -0.170. The van der Waals surface area contributed by atoms with E-state index >= 15 is 0 Å². The van der Waals surface area contributed by atoms with Gasteiger partial charge in [-0.1, -0.05) is 0 Å². The molecule has 1 aliphatic heterocycles. The van der Waals surface area contributed by atoms with Gasteiger partial charge in [0.1, 0.15) is 16.3 Å². The fourth-order valence-electron chi connectivity index (χ4n) is 1.91. The molecule has 7 nitrogen and oxygen atoms in total. The number of aromatic carboxylic acids is 1. The lowest BCUT2D eigenvalue weighted by molar-refractivity contribution is -0.119. The third-order valence-corrected chi connectivity index (χ3v) is 4.40. The normalized spacial score (nSPS) is 18.6. The Morgan fingerprint density at radius 1 is 1.38 bits per heavy atom. The van der Waals surface area contributed by atoms with E-state index in [1.807, 2.05) is 0 Å². The topological polar surface area (TPSA) is 113 Å². The van der Waals surface area contributed by atoms with Crippen LogP contribution in [0.2, 0.25) is 0 Å². The highest BCUT2D eigenvalue weighted by molar-refractivity contribution is 7.89. The Kier molecular flexibility index (Phi) is 3.92. The van der Waals surface area contributed by atoms with Crippen LogP contribution in [0.5, 0.6) is 0 Å². The number of nitrogens with one attached hydrogen (secondary N) is 2. The van der Waals surface area contributed by atoms with E-state index in [1.165, 1.54) is 0 Å². The van der Waals surface area contributed by atoms with Gasteiger partial charge in [-0.3, -0.25) is 4.79 Å². The number of halogens is 2. The monoisotopic (exact) mass is 320 g/mol. The minimum absolute atomic E-state index is 0.0344. The predicted molar refractivity (Wildman–Crippen MR) is 65.1 cm³/mol. The van der Waals surface area contributed by atoms with Crippen molar-refractivity contribution in [3.8, 4) is 0 Å². The van der Waals surface area contributed by atoms with E-state index in [-0.39, 0.29) is 18.9 Å². The van der Waals surface area contributed by atoms with Crippen molar-refractivity contribution in [3.05, 3.63) is 29.3 Å². The van der Waals surface area contributed by atoms with Gasteiger partial charge in [-0.15, -0.1) is 0 Å². The van der Waals surface area contributed by atoms with E-state index in [4.69, 9.17) is 5.11 Å². The van der Waals surface area contributed by atoms with Gasteiger partial charge in [0.05, 0.1) is 0 Å². The maximum Gasteiger partial charge on any atom is 0.341 e. The molecule has 0 saturated carbocycles. The van der Waals surface area contributed by atoms with Crippen LogP contribution in [0.15, 0.2) is 17.0 Å². The van der Waals surface area contributed by atoms with E-state index in [2.05, 4.69) is 10.0 Å². The molecule has 0 aromatic heterocycles. The Labute approximate surface area is 118 Å². The number of carbonyl (C=O) groups excluding carboxylic acids is 1. The number of carboxylic acids is 1. The van der Waals surface area contributed by atoms with Gasteiger partial charge in [-0.05, 0) is 12.1 Å². The maximum atomic E-state index is 13.9. The van der Waals surface area contributed by atoms with Crippen LogP contribution in [0.3, 0.4) is 0 Å². The van der Waals surface area contributed by atoms with Crippen LogP contribution in [0, 0.1) is 11.6 Å². The van der Waals surface area contributed by atoms with Gasteiger partial charge >= 0.3 is 5.97 Å². The lowest BCUT2D eigenvalue weighted by atomic mass is 10.2. The van der Waals surface area contributed by atoms with Crippen molar-refractivity contribution in [2.75, 3.05) is 6.54 Å². The van der Waals surface area contributed by atoms with Gasteiger partial charge < -0.3 is 10.4 Å². The number of rotatable bonds is 4. The molecule has 10 heteroatoms. The molecule has 1 aromatic rings. The van der Waals surface area contributed by atoms with E-state index in [1.54, 1.807) is 0 Å². The molecule has 0 spiro atoms. The second-order valence-electron chi connectivity index (χ2n) is 4.37. The van der Waals surface area contributed by atoms with Crippen molar-refractivity contribution in [1.82, 2.24) is 10.0 Å². The summed E-state index contributed by atoms with van der Waals surface area (Å²) in [6.07, 6.45) is -0.117. The number of hydrogen-bond donors (Lipinski definition) is 3. The summed E-state index contributed by atoms with van der Waals surface area (Å²) in [6.45, 7) is 0.0344. The van der Waals surface area contributed by atoms with Crippen molar-refractivity contribution in [2.24, 2.45) is 0 Å². The minimum Gasteiger partial charge on any atom is -0.477 e. The molecule has 114 valence electrons. The van der Waals surface area contributed by atoms with Gasteiger partial charge in [-0.2, -0.15) is 0 Å². The molecular weight excluding hydrogens is 310 g/mol. The van der Waals surface area contributed by atoms with Crippen LogP contribution in [0.1, 0.15) is 16.8 Å². The summed E-state index contributed by atoms with van der Waals surface area (Å²) < 4.78 is 53.2. The highest BCUT2D eigenvalue weighted by atomic mass is 32.2. The Balaban J connectivity index is 2.39. The van der Waals surface area contributed by atoms with Gasteiger partial charge in [0.2, 0.25) is 15.9 Å². The summed E-state index contributed by atoms with van der Waals surface area (Å²) >= 11 is 0. The Morgan fingerprint density at radius 3 is 2.57 bits per heavy atom. The molecule has 1 aromatic carbocycles. The average molecular weight is 320 g/mol. The third-order valence-electron chi connectivity index (χ3n) is 2.86. The maximum absolute atomic E-state index is 13.9. The molecule has 1 fully saturated rings. The molecule has 0 bridgehead atoms. The van der Waals surface area contributed by atoms with E-state index in [9.17, 15) is 26.8 Å². The first-order valence-corrected chi connectivity index (χ1v) is 7.21. The summed E-state index contributed by atoms with van der Waals surface area (Å²) in [7, 11) is -4.42. The molecule has 1 atom stereocenters. The van der Waals surface area contributed by atoms with Crippen LogP contribution in [0.4, 0.5) is 8.78 Å². The number of carboxylic acid groups (broad SMARTS) is 1. The molecule has 1 heterocycles. The van der Waals surface area contributed by atoms with E-state index in [0.717, 1.165) is 0 Å². The summed E-state index contributed by atoms with van der Waals surface area (Å²) in [5.74, 6) is -5.35. The quantitative estimate of drug-likeness (QED) is 0.713. The van der Waals surface area contributed by atoms with Crippen molar-refractivity contribution < 1.29 is 31.9 Å². The Morgan fingerprint density at radius 2 is 2.05 bits per heavy atom. The number of sulfonamides is 1. The first-order valence-electron chi connectivity index (χ1n) is 5.72. The summed E-state index contributed by atoms with van der Waals surface area (Å²) in [5, 5.41) is 11.1. The molecule has 0 radical (unpaired) electrons. The Bertz CT molecular complexity index is 720. The number of amides is 1. The third kappa shape index (κ3) is 3.00. The van der Waals surface area contributed by atoms with Gasteiger partial charge in [0.15, 0.2) is 5.82 Å². The molecule has 1 aliphatic rings. The van der Waals surface area contributed by atoms with Crippen LogP contribution in [-0.4, -0.2) is 38.0 Å². The average Bonchev–Trinajstić information content (AvgIpc) is 2.72. The molecule has 3 N–H and O–H groups in total. The van der Waals surface area contributed by atoms with Gasteiger partial charge in [0.25, 0.3) is 0 Å². The molecule has 0 aliphatic carbocycles. The van der Waals surface area contributed by atoms with Gasteiger partial charge in [-0.25, -0.2) is 26.7 Å². The zero-order valence-electron chi connectivity index (χ0n) is 10.4. The lowest BCUT2D eigenvalue weighted by Crippen LogP contribution is -2.36. The largest absolute Gasteiger partial charge is 0.477 e. The smallest absolute Gasteiger partial charge is 0.341 e. The number of carbonyl (C=O) groups is 2. The van der Waals surface area contributed by atoms with Crippen molar-refractivity contribution >= 4 is 21.9 Å². The van der Waals surface area contributed by atoms with Gasteiger partial charge in [0, 0.05) is 19.0 Å². The van der Waals surface area contributed by atoms with Crippen LogP contribution >= 0.6 is 0 Å². The van der Waals surface area contributed by atoms with Crippen molar-refractivity contribution in [3.63, 3.8) is 0 Å². The zero-order valence-corrected chi connectivity index (χ0v) is 11.2. The van der Waals surface area contributed by atoms with Crippen molar-refractivity contribution in [1.29, 1.82) is 0 Å². The molecule has 1 saturated heterocycles.